The van der Waals surface area contributed by atoms with Crippen LogP contribution in [0.4, 0.5) is 16.2 Å². The van der Waals surface area contributed by atoms with Gasteiger partial charge in [-0.05, 0) is 78.9 Å². The molecule has 2 aliphatic rings. The number of fused-ring (bicyclic) bond motifs is 3. The maximum atomic E-state index is 12.5. The van der Waals surface area contributed by atoms with Crippen LogP contribution in [0.3, 0.4) is 0 Å². The SMILES string of the molecule is Cc1ccc(NC(=O)Oc2ccc3c(c2)[C@]2(Cc4ccc(Cl)cc4)CCO[C@@H]2N3C)cc1Cl. The number of amides is 1. The summed E-state index contributed by atoms with van der Waals surface area (Å²) in [5, 5.41) is 4.05. The first-order valence-electron chi connectivity index (χ1n) is 10.8. The van der Waals surface area contributed by atoms with Crippen LogP contribution in [0.1, 0.15) is 23.1 Å². The van der Waals surface area contributed by atoms with E-state index in [1.807, 2.05) is 50.4 Å². The number of nitrogens with one attached hydrogen (secondary N) is 1. The molecule has 0 bridgehead atoms. The Hall–Kier alpha value is -2.73. The number of aryl methyl sites for hydroxylation is 1. The fourth-order valence-corrected chi connectivity index (χ4v) is 5.26. The minimum absolute atomic E-state index is 0.0676. The van der Waals surface area contributed by atoms with E-state index in [9.17, 15) is 4.79 Å². The van der Waals surface area contributed by atoms with Gasteiger partial charge in [0.2, 0.25) is 0 Å². The number of nitrogens with zero attached hydrogens (tertiary/aromatic N) is 1. The Morgan fingerprint density at radius 3 is 2.70 bits per heavy atom. The molecule has 2 heterocycles. The van der Waals surface area contributed by atoms with Crippen molar-refractivity contribution in [2.75, 3.05) is 23.9 Å². The van der Waals surface area contributed by atoms with E-state index in [4.69, 9.17) is 32.7 Å². The third kappa shape index (κ3) is 4.05. The van der Waals surface area contributed by atoms with Gasteiger partial charge < -0.3 is 14.4 Å². The molecule has 0 saturated carbocycles. The summed E-state index contributed by atoms with van der Waals surface area (Å²) in [4.78, 5) is 14.7. The first kappa shape index (κ1) is 22.1. The second kappa shape index (κ2) is 8.56. The van der Waals surface area contributed by atoms with Gasteiger partial charge in [0.1, 0.15) is 12.0 Å². The summed E-state index contributed by atoms with van der Waals surface area (Å²) in [6, 6.07) is 19.1. The number of halogens is 2. The average molecular weight is 483 g/mol. The van der Waals surface area contributed by atoms with Crippen molar-refractivity contribution in [2.24, 2.45) is 0 Å². The molecule has 0 unspecified atom stereocenters. The summed E-state index contributed by atoms with van der Waals surface area (Å²) in [6.07, 6.45) is 1.06. The van der Waals surface area contributed by atoms with Gasteiger partial charge in [-0.25, -0.2) is 4.79 Å². The zero-order valence-electron chi connectivity index (χ0n) is 18.4. The zero-order valence-corrected chi connectivity index (χ0v) is 19.9. The Labute approximate surface area is 203 Å². The minimum atomic E-state index is -0.563. The number of hydrogen-bond acceptors (Lipinski definition) is 4. The van der Waals surface area contributed by atoms with Gasteiger partial charge in [0.15, 0.2) is 0 Å². The molecular weight excluding hydrogens is 459 g/mol. The molecule has 5 rings (SSSR count). The Balaban J connectivity index is 1.41. The summed E-state index contributed by atoms with van der Waals surface area (Å²) in [5.74, 6) is 0.487. The molecule has 3 aromatic rings. The molecule has 1 N–H and O–H groups in total. The van der Waals surface area contributed by atoms with Crippen LogP contribution < -0.4 is 15.0 Å². The second-order valence-corrected chi connectivity index (χ2v) is 9.54. The van der Waals surface area contributed by atoms with Crippen LogP contribution >= 0.6 is 23.2 Å². The number of rotatable bonds is 4. The van der Waals surface area contributed by atoms with E-state index >= 15 is 0 Å². The van der Waals surface area contributed by atoms with E-state index in [2.05, 4.69) is 22.3 Å². The molecule has 170 valence electrons. The molecule has 1 saturated heterocycles. The molecule has 3 aromatic carbocycles. The van der Waals surface area contributed by atoms with Crippen molar-refractivity contribution in [3.8, 4) is 5.75 Å². The van der Waals surface area contributed by atoms with Crippen molar-refractivity contribution in [3.63, 3.8) is 0 Å². The van der Waals surface area contributed by atoms with Crippen LogP contribution in [-0.4, -0.2) is 26.0 Å². The highest BCUT2D eigenvalue weighted by Gasteiger charge is 2.54. The average Bonchev–Trinajstić information content (AvgIpc) is 3.30. The number of likely N-dealkylation sites (N-methyl/N-ethyl adjacent to an activating group) is 1. The lowest BCUT2D eigenvalue weighted by Gasteiger charge is -2.31. The van der Waals surface area contributed by atoms with E-state index in [0.29, 0.717) is 23.1 Å². The maximum absolute atomic E-state index is 12.5. The Morgan fingerprint density at radius 2 is 1.94 bits per heavy atom. The van der Waals surface area contributed by atoms with Gasteiger partial charge in [-0.15, -0.1) is 0 Å². The lowest BCUT2D eigenvalue weighted by atomic mass is 9.74. The largest absolute Gasteiger partial charge is 0.417 e. The van der Waals surface area contributed by atoms with Crippen molar-refractivity contribution in [1.82, 2.24) is 0 Å². The standard InChI is InChI=1S/C26H24Cl2N2O3/c1-16-3-8-19(13-22(16)28)29-25(31)33-20-9-10-23-21(14-20)26(11-12-32-24(26)30(23)2)15-17-4-6-18(27)7-5-17/h3-10,13-14,24H,11-12,15H2,1-2H3,(H,29,31)/t24-,26+/m0/s1. The maximum Gasteiger partial charge on any atom is 0.417 e. The number of ether oxygens (including phenoxy) is 2. The summed E-state index contributed by atoms with van der Waals surface area (Å²) in [6.45, 7) is 2.59. The van der Waals surface area contributed by atoms with Gasteiger partial charge >= 0.3 is 6.09 Å². The molecule has 5 nitrogen and oxygen atoms in total. The Bertz CT molecular complexity index is 1210. The molecule has 0 aliphatic carbocycles. The first-order chi connectivity index (χ1) is 15.9. The van der Waals surface area contributed by atoms with Crippen LogP contribution in [0, 0.1) is 6.92 Å². The number of benzene rings is 3. The van der Waals surface area contributed by atoms with E-state index in [0.717, 1.165) is 34.7 Å². The highest BCUT2D eigenvalue weighted by atomic mass is 35.5. The summed E-state index contributed by atoms with van der Waals surface area (Å²) in [7, 11) is 2.05. The topological polar surface area (TPSA) is 50.8 Å². The third-order valence-corrected chi connectivity index (χ3v) is 7.25. The normalized spacial score (nSPS) is 21.0. The highest BCUT2D eigenvalue weighted by molar-refractivity contribution is 6.31. The van der Waals surface area contributed by atoms with E-state index in [1.54, 1.807) is 12.1 Å². The fraction of sp³-hybridized carbons (Fsp3) is 0.269. The van der Waals surface area contributed by atoms with Crippen LogP contribution in [0.2, 0.25) is 10.0 Å². The minimum Gasteiger partial charge on any atom is -0.410 e. The predicted octanol–water partition coefficient (Wildman–Crippen LogP) is 6.59. The van der Waals surface area contributed by atoms with Crippen LogP contribution in [-0.2, 0) is 16.6 Å². The van der Waals surface area contributed by atoms with Crippen LogP contribution in [0.25, 0.3) is 0 Å². The predicted molar refractivity (Wildman–Crippen MR) is 132 cm³/mol. The molecule has 0 aromatic heterocycles. The number of anilines is 2. The van der Waals surface area contributed by atoms with Gasteiger partial charge in [-0.3, -0.25) is 5.32 Å². The van der Waals surface area contributed by atoms with Gasteiger partial charge in [0, 0.05) is 33.9 Å². The van der Waals surface area contributed by atoms with Crippen molar-refractivity contribution in [3.05, 3.63) is 87.4 Å². The molecule has 1 amide bonds. The van der Waals surface area contributed by atoms with Crippen LogP contribution in [0.5, 0.6) is 5.75 Å². The monoisotopic (exact) mass is 482 g/mol. The van der Waals surface area contributed by atoms with Crippen molar-refractivity contribution in [2.45, 2.75) is 31.4 Å². The zero-order chi connectivity index (χ0) is 23.2. The van der Waals surface area contributed by atoms with Gasteiger partial charge in [-0.2, -0.15) is 0 Å². The van der Waals surface area contributed by atoms with Crippen LogP contribution in [0.15, 0.2) is 60.7 Å². The quantitative estimate of drug-likeness (QED) is 0.455. The number of carbonyl (C=O) groups is 1. The second-order valence-electron chi connectivity index (χ2n) is 8.70. The molecule has 7 heteroatoms. The lowest BCUT2D eigenvalue weighted by Crippen LogP contribution is -2.41. The first-order valence-corrected chi connectivity index (χ1v) is 11.6. The lowest BCUT2D eigenvalue weighted by molar-refractivity contribution is 0.0875. The van der Waals surface area contributed by atoms with Gasteiger partial charge in [0.25, 0.3) is 0 Å². The van der Waals surface area contributed by atoms with Gasteiger partial charge in [-0.1, -0.05) is 41.4 Å². The third-order valence-electron chi connectivity index (χ3n) is 6.59. The Morgan fingerprint density at radius 1 is 1.15 bits per heavy atom. The molecule has 33 heavy (non-hydrogen) atoms. The fourth-order valence-electron chi connectivity index (χ4n) is 4.96. The number of carbonyl (C=O) groups excluding carboxylic acids is 1. The van der Waals surface area contributed by atoms with Crippen molar-refractivity contribution in [1.29, 1.82) is 0 Å². The molecule has 1 fully saturated rings. The molecule has 2 aliphatic heterocycles. The molecular formula is C26H24Cl2N2O3. The van der Waals surface area contributed by atoms with Gasteiger partial charge in [0.05, 0.1) is 6.61 Å². The van der Waals surface area contributed by atoms with Crippen molar-refractivity contribution < 1.29 is 14.3 Å². The van der Waals surface area contributed by atoms with E-state index < -0.39 is 6.09 Å². The van der Waals surface area contributed by atoms with E-state index in [-0.39, 0.29) is 11.6 Å². The molecule has 0 spiro atoms. The highest BCUT2D eigenvalue weighted by Crippen LogP contribution is 2.53. The summed E-state index contributed by atoms with van der Waals surface area (Å²) in [5.41, 5.74) is 4.71. The summed E-state index contributed by atoms with van der Waals surface area (Å²) < 4.78 is 11.8. The van der Waals surface area contributed by atoms with E-state index in [1.165, 1.54) is 5.56 Å². The molecule has 2 atom stereocenters. The number of hydrogen-bond donors (Lipinski definition) is 1. The summed E-state index contributed by atoms with van der Waals surface area (Å²) >= 11 is 12.3. The smallest absolute Gasteiger partial charge is 0.410 e. The Kier molecular flexibility index (Phi) is 5.73. The van der Waals surface area contributed by atoms with Crippen molar-refractivity contribution >= 4 is 40.7 Å². The molecule has 0 radical (unpaired) electrons.